The summed E-state index contributed by atoms with van der Waals surface area (Å²) in [6.07, 6.45) is 0. The van der Waals surface area contributed by atoms with E-state index in [-0.39, 0.29) is 5.78 Å². The minimum Gasteiger partial charge on any atom is -0.359 e. The second-order valence-electron chi connectivity index (χ2n) is 5.15. The van der Waals surface area contributed by atoms with Crippen LogP contribution in [0.15, 0.2) is 60.7 Å². The van der Waals surface area contributed by atoms with Crippen molar-refractivity contribution in [2.75, 3.05) is 11.9 Å². The zero-order chi connectivity index (χ0) is 16.8. The molecule has 118 valence electrons. The van der Waals surface area contributed by atoms with Crippen LogP contribution in [-0.4, -0.2) is 17.4 Å². The maximum atomic E-state index is 12.7. The van der Waals surface area contributed by atoms with Crippen molar-refractivity contribution >= 4 is 40.4 Å². The van der Waals surface area contributed by atoms with Gasteiger partial charge in [0.25, 0.3) is 0 Å². The second kappa shape index (κ2) is 7.90. The molecule has 0 unspecified atom stereocenters. The van der Waals surface area contributed by atoms with Crippen LogP contribution in [0.3, 0.4) is 0 Å². The molecule has 5 heteroatoms. The number of ketones is 1. The molecule has 2 rings (SSSR count). The van der Waals surface area contributed by atoms with Gasteiger partial charge in [0.1, 0.15) is 0 Å². The highest BCUT2D eigenvalue weighted by Gasteiger charge is 2.15. The first-order valence-electron chi connectivity index (χ1n) is 7.06. The Bertz CT molecular complexity index is 744. The standard InChI is InChI=1S/C18H17ClN2OS/c1-12(2)11-20-18(23)21-16-9-8-14(19)10-15(16)17(22)13-6-4-3-5-7-13/h3-10H,1,11H2,2H3,(H2,20,21,23). The number of nitrogens with one attached hydrogen (secondary N) is 2. The molecule has 0 aliphatic carbocycles. The van der Waals surface area contributed by atoms with Crippen molar-refractivity contribution in [1.82, 2.24) is 5.32 Å². The molecule has 0 radical (unpaired) electrons. The van der Waals surface area contributed by atoms with Crippen molar-refractivity contribution in [1.29, 1.82) is 0 Å². The van der Waals surface area contributed by atoms with Gasteiger partial charge in [0.2, 0.25) is 0 Å². The first-order valence-corrected chi connectivity index (χ1v) is 7.84. The van der Waals surface area contributed by atoms with Gasteiger partial charge in [-0.25, -0.2) is 0 Å². The number of anilines is 1. The molecule has 0 aromatic heterocycles. The van der Waals surface area contributed by atoms with Gasteiger partial charge >= 0.3 is 0 Å². The van der Waals surface area contributed by atoms with E-state index in [0.29, 0.717) is 33.5 Å². The lowest BCUT2D eigenvalue weighted by atomic mass is 10.0. The zero-order valence-corrected chi connectivity index (χ0v) is 14.3. The van der Waals surface area contributed by atoms with Gasteiger partial charge in [-0.1, -0.05) is 54.1 Å². The van der Waals surface area contributed by atoms with E-state index in [1.807, 2.05) is 25.1 Å². The number of benzene rings is 2. The fraction of sp³-hybridized carbons (Fsp3) is 0.111. The van der Waals surface area contributed by atoms with E-state index in [1.165, 1.54) is 0 Å². The largest absolute Gasteiger partial charge is 0.359 e. The summed E-state index contributed by atoms with van der Waals surface area (Å²) in [6, 6.07) is 14.1. The first-order chi connectivity index (χ1) is 11.0. The Hall–Kier alpha value is -2.17. The molecule has 0 amide bonds. The van der Waals surface area contributed by atoms with E-state index in [2.05, 4.69) is 17.2 Å². The van der Waals surface area contributed by atoms with Crippen LogP contribution in [0.2, 0.25) is 5.02 Å². The molecule has 2 aromatic rings. The van der Waals surface area contributed by atoms with Crippen molar-refractivity contribution in [2.24, 2.45) is 0 Å². The lowest BCUT2D eigenvalue weighted by molar-refractivity contribution is 0.103. The minimum absolute atomic E-state index is 0.113. The fourth-order valence-electron chi connectivity index (χ4n) is 1.96. The molecule has 0 saturated heterocycles. The molecule has 0 aliphatic heterocycles. The monoisotopic (exact) mass is 344 g/mol. The number of carbonyl (C=O) groups excluding carboxylic acids is 1. The van der Waals surface area contributed by atoms with E-state index in [9.17, 15) is 4.79 Å². The number of thiocarbonyl (C=S) groups is 1. The smallest absolute Gasteiger partial charge is 0.195 e. The van der Waals surface area contributed by atoms with E-state index in [1.54, 1.807) is 30.3 Å². The van der Waals surface area contributed by atoms with Crippen LogP contribution < -0.4 is 10.6 Å². The fourth-order valence-corrected chi connectivity index (χ4v) is 2.31. The Morgan fingerprint density at radius 2 is 1.91 bits per heavy atom. The van der Waals surface area contributed by atoms with Crippen LogP contribution in [0.5, 0.6) is 0 Å². The Morgan fingerprint density at radius 1 is 1.22 bits per heavy atom. The third-order valence-corrected chi connectivity index (χ3v) is 3.54. The van der Waals surface area contributed by atoms with Crippen molar-refractivity contribution in [3.8, 4) is 0 Å². The Morgan fingerprint density at radius 3 is 2.57 bits per heavy atom. The average molecular weight is 345 g/mol. The molecule has 0 aliphatic rings. The highest BCUT2D eigenvalue weighted by atomic mass is 35.5. The van der Waals surface area contributed by atoms with Gasteiger partial charge in [-0.05, 0) is 37.3 Å². The quantitative estimate of drug-likeness (QED) is 0.478. The van der Waals surface area contributed by atoms with Gasteiger partial charge in [0.05, 0.1) is 5.69 Å². The second-order valence-corrected chi connectivity index (χ2v) is 5.99. The van der Waals surface area contributed by atoms with Crippen LogP contribution in [0, 0.1) is 0 Å². The first kappa shape index (κ1) is 17.2. The SMILES string of the molecule is C=C(C)CNC(=S)Nc1ccc(Cl)cc1C(=O)c1ccccc1. The van der Waals surface area contributed by atoms with E-state index in [4.69, 9.17) is 23.8 Å². The maximum Gasteiger partial charge on any atom is 0.195 e. The summed E-state index contributed by atoms with van der Waals surface area (Å²) < 4.78 is 0. The summed E-state index contributed by atoms with van der Waals surface area (Å²) in [7, 11) is 0. The predicted octanol–water partition coefficient (Wildman–Crippen LogP) is 4.43. The van der Waals surface area contributed by atoms with Crippen LogP contribution in [0.1, 0.15) is 22.8 Å². The molecule has 2 aromatic carbocycles. The molecule has 0 atom stereocenters. The van der Waals surface area contributed by atoms with Gasteiger partial charge in [-0.15, -0.1) is 0 Å². The molecule has 3 nitrogen and oxygen atoms in total. The van der Waals surface area contributed by atoms with Gasteiger partial charge in [-0.3, -0.25) is 4.79 Å². The Balaban J connectivity index is 2.26. The van der Waals surface area contributed by atoms with Gasteiger partial charge in [-0.2, -0.15) is 0 Å². The summed E-state index contributed by atoms with van der Waals surface area (Å²) in [4.78, 5) is 12.7. The van der Waals surface area contributed by atoms with Crippen LogP contribution in [0.25, 0.3) is 0 Å². The van der Waals surface area contributed by atoms with Gasteiger partial charge in [0, 0.05) is 22.7 Å². The molecule has 0 saturated carbocycles. The summed E-state index contributed by atoms with van der Waals surface area (Å²) >= 11 is 11.3. The number of halogens is 1. The third kappa shape index (κ3) is 4.91. The molecule has 23 heavy (non-hydrogen) atoms. The van der Waals surface area contributed by atoms with Crippen LogP contribution in [-0.2, 0) is 0 Å². The molecule has 0 bridgehead atoms. The molecular formula is C18H17ClN2OS. The summed E-state index contributed by atoms with van der Waals surface area (Å²) in [5, 5.41) is 7.00. The normalized spacial score (nSPS) is 10.0. The third-order valence-electron chi connectivity index (χ3n) is 3.06. The van der Waals surface area contributed by atoms with E-state index in [0.717, 1.165) is 5.57 Å². The summed E-state index contributed by atoms with van der Waals surface area (Å²) in [6.45, 7) is 6.29. The number of hydrogen-bond acceptors (Lipinski definition) is 2. The highest BCUT2D eigenvalue weighted by molar-refractivity contribution is 7.80. The summed E-state index contributed by atoms with van der Waals surface area (Å²) in [5.74, 6) is -0.113. The highest BCUT2D eigenvalue weighted by Crippen LogP contribution is 2.23. The Labute approximate surface area is 146 Å². The van der Waals surface area contributed by atoms with Crippen molar-refractivity contribution in [2.45, 2.75) is 6.92 Å². The topological polar surface area (TPSA) is 41.1 Å². The Kier molecular flexibility index (Phi) is 5.90. The summed E-state index contributed by atoms with van der Waals surface area (Å²) in [5.41, 5.74) is 2.65. The number of carbonyl (C=O) groups is 1. The van der Waals surface area contributed by atoms with E-state index >= 15 is 0 Å². The average Bonchev–Trinajstić information content (AvgIpc) is 2.54. The van der Waals surface area contributed by atoms with Crippen LogP contribution in [0.4, 0.5) is 5.69 Å². The van der Waals surface area contributed by atoms with Gasteiger partial charge < -0.3 is 10.6 Å². The molecule has 0 heterocycles. The molecule has 0 spiro atoms. The number of hydrogen-bond donors (Lipinski definition) is 2. The minimum atomic E-state index is -0.113. The van der Waals surface area contributed by atoms with Crippen LogP contribution >= 0.6 is 23.8 Å². The molecule has 2 N–H and O–H groups in total. The molecular weight excluding hydrogens is 328 g/mol. The van der Waals surface area contributed by atoms with Crippen molar-refractivity contribution in [3.63, 3.8) is 0 Å². The lowest BCUT2D eigenvalue weighted by Gasteiger charge is -2.14. The number of rotatable bonds is 5. The lowest BCUT2D eigenvalue weighted by Crippen LogP contribution is -2.30. The molecule has 0 fully saturated rings. The van der Waals surface area contributed by atoms with Gasteiger partial charge in [0.15, 0.2) is 10.9 Å². The maximum absolute atomic E-state index is 12.7. The van der Waals surface area contributed by atoms with Crippen molar-refractivity contribution in [3.05, 3.63) is 76.8 Å². The van der Waals surface area contributed by atoms with Crippen molar-refractivity contribution < 1.29 is 4.79 Å². The van der Waals surface area contributed by atoms with E-state index < -0.39 is 0 Å². The predicted molar refractivity (Wildman–Crippen MR) is 100 cm³/mol. The zero-order valence-electron chi connectivity index (χ0n) is 12.7.